The van der Waals surface area contributed by atoms with E-state index in [-0.39, 0.29) is 5.13 Å². The topological polar surface area (TPSA) is 124 Å². The van der Waals surface area contributed by atoms with Gasteiger partial charge in [-0.25, -0.2) is 10.1 Å². The monoisotopic (exact) mass is 191 g/mol. The number of nitrogens with zero attached hydrogens (tertiary/aromatic N) is 4. The second kappa shape index (κ2) is 3.04. The lowest BCUT2D eigenvalue weighted by atomic mass is 11.2. The first-order valence-electron chi connectivity index (χ1n) is 2.48. The molecule has 0 aliphatic heterocycles. The molecule has 0 bridgehead atoms. The first-order chi connectivity index (χ1) is 5.59. The molecule has 1 rings (SSSR count). The summed E-state index contributed by atoms with van der Waals surface area (Å²) in [6, 6.07) is 0. The normalized spacial score (nSPS) is 9.33. The summed E-state index contributed by atoms with van der Waals surface area (Å²) in [5.74, 6) is 0. The van der Waals surface area contributed by atoms with Crippen molar-refractivity contribution in [2.75, 3.05) is 5.43 Å². The third-order valence-electron chi connectivity index (χ3n) is 0.757. The Morgan fingerprint density at radius 2 is 2.00 bits per heavy atom. The van der Waals surface area contributed by atoms with Gasteiger partial charge in [-0.2, -0.15) is 0 Å². The smallest absolute Gasteiger partial charge is 0.357 e. The van der Waals surface area contributed by atoms with Gasteiger partial charge < -0.3 is 10.1 Å². The second-order valence-electron chi connectivity index (χ2n) is 1.52. The molecule has 0 saturated carbocycles. The maximum Gasteiger partial charge on any atom is 0.452 e. The number of hydrazine groups is 1. The first-order valence-corrected chi connectivity index (χ1v) is 3.30. The van der Waals surface area contributed by atoms with Crippen molar-refractivity contribution < 1.29 is 9.96 Å². The predicted molar refractivity (Wildman–Crippen MR) is 37.2 cm³/mol. The number of rotatable bonds is 3. The number of aromatic nitrogens is 2. The van der Waals surface area contributed by atoms with Crippen LogP contribution in [0.25, 0.3) is 0 Å². The van der Waals surface area contributed by atoms with E-state index < -0.39 is 15.1 Å². The van der Waals surface area contributed by atoms with Crippen LogP contribution in [0.2, 0.25) is 0 Å². The standard InChI is InChI=1S/C2HN5O4S/c8-6(9)2-4-3-1(12-2)5-7(10)11/h(H,3,5). The molecule has 9 nitrogen and oxygen atoms in total. The third kappa shape index (κ3) is 1.82. The van der Waals surface area contributed by atoms with Gasteiger partial charge in [-0.05, 0) is 4.92 Å². The molecule has 1 N–H and O–H groups in total. The first kappa shape index (κ1) is 8.26. The molecule has 64 valence electrons. The summed E-state index contributed by atoms with van der Waals surface area (Å²) in [5, 5.41) is 24.5. The molecule has 10 heteroatoms. The van der Waals surface area contributed by atoms with E-state index in [2.05, 4.69) is 10.2 Å². The van der Waals surface area contributed by atoms with Crippen LogP contribution in [0.3, 0.4) is 0 Å². The van der Waals surface area contributed by atoms with Crippen LogP contribution >= 0.6 is 11.3 Å². The molecular weight excluding hydrogens is 190 g/mol. The largest absolute Gasteiger partial charge is 0.452 e. The van der Waals surface area contributed by atoms with Crippen molar-refractivity contribution in [2.24, 2.45) is 0 Å². The minimum atomic E-state index is -0.871. The third-order valence-corrected chi connectivity index (χ3v) is 1.54. The fourth-order valence-corrected chi connectivity index (χ4v) is 0.943. The number of anilines is 1. The van der Waals surface area contributed by atoms with Gasteiger partial charge in [0.1, 0.15) is 0 Å². The zero-order valence-electron chi connectivity index (χ0n) is 5.33. The molecule has 0 radical (unpaired) electrons. The predicted octanol–water partition coefficient (Wildman–Crippen LogP) is 0.0499. The van der Waals surface area contributed by atoms with Crippen LogP contribution in [0.5, 0.6) is 0 Å². The summed E-state index contributed by atoms with van der Waals surface area (Å²) < 4.78 is 0. The molecule has 0 aliphatic rings. The Balaban J connectivity index is 2.77. The van der Waals surface area contributed by atoms with Gasteiger partial charge in [0.2, 0.25) is 0 Å². The Kier molecular flexibility index (Phi) is 2.09. The molecule has 1 aromatic rings. The fraction of sp³-hybridized carbons (Fsp3) is 0. The van der Waals surface area contributed by atoms with Crippen molar-refractivity contribution in [2.45, 2.75) is 0 Å². The highest BCUT2D eigenvalue weighted by Crippen LogP contribution is 2.21. The van der Waals surface area contributed by atoms with Gasteiger partial charge in [-0.3, -0.25) is 0 Å². The molecule has 0 spiro atoms. The van der Waals surface area contributed by atoms with Crippen molar-refractivity contribution in [1.82, 2.24) is 10.2 Å². The number of hydrogen-bond donors (Lipinski definition) is 1. The molecule has 0 saturated heterocycles. The van der Waals surface area contributed by atoms with Gasteiger partial charge in [0.25, 0.3) is 5.13 Å². The number of nitro groups is 2. The zero-order chi connectivity index (χ0) is 9.14. The Labute approximate surface area is 68.3 Å². The molecule has 0 amide bonds. The van der Waals surface area contributed by atoms with Crippen LogP contribution in [0, 0.1) is 20.2 Å². The minimum Gasteiger partial charge on any atom is -0.357 e. The van der Waals surface area contributed by atoms with Gasteiger partial charge in [-0.15, -0.1) is 0 Å². The average Bonchev–Trinajstić information content (AvgIpc) is 2.34. The summed E-state index contributed by atoms with van der Waals surface area (Å²) in [6.45, 7) is 0. The molecule has 0 aromatic carbocycles. The maximum atomic E-state index is 10.0. The summed E-state index contributed by atoms with van der Waals surface area (Å²) in [7, 11) is 0. The fourth-order valence-electron chi connectivity index (χ4n) is 0.413. The van der Waals surface area contributed by atoms with Gasteiger partial charge >= 0.3 is 5.13 Å². The minimum absolute atomic E-state index is 0.216. The molecular formula is C2HN5O4S. The van der Waals surface area contributed by atoms with Crippen molar-refractivity contribution in [3.8, 4) is 0 Å². The molecule has 0 aliphatic carbocycles. The molecule has 0 unspecified atom stereocenters. The Hall–Kier alpha value is -1.84. The summed E-state index contributed by atoms with van der Waals surface area (Å²) in [4.78, 5) is 19.1. The number of nitrogens with one attached hydrogen (secondary N) is 1. The quantitative estimate of drug-likeness (QED) is 0.528. The molecule has 1 aromatic heterocycles. The van der Waals surface area contributed by atoms with Gasteiger partial charge in [-0.1, -0.05) is 5.43 Å². The van der Waals surface area contributed by atoms with Crippen LogP contribution in [0.15, 0.2) is 0 Å². The molecule has 1 heterocycles. The van der Waals surface area contributed by atoms with Crippen molar-refractivity contribution in [3.63, 3.8) is 0 Å². The molecule has 0 atom stereocenters. The van der Waals surface area contributed by atoms with E-state index in [9.17, 15) is 20.2 Å². The Morgan fingerprint density at radius 3 is 2.42 bits per heavy atom. The van der Waals surface area contributed by atoms with Crippen LogP contribution in [-0.2, 0) is 0 Å². The summed E-state index contributed by atoms with van der Waals surface area (Å²) in [6.07, 6.45) is 0. The van der Waals surface area contributed by atoms with Crippen molar-refractivity contribution >= 4 is 21.6 Å². The van der Waals surface area contributed by atoms with Crippen LogP contribution in [0.1, 0.15) is 0 Å². The molecule has 0 fully saturated rings. The van der Waals surface area contributed by atoms with Crippen molar-refractivity contribution in [3.05, 3.63) is 20.2 Å². The summed E-state index contributed by atoms with van der Waals surface area (Å²) >= 11 is 0.495. The van der Waals surface area contributed by atoms with E-state index in [1.165, 1.54) is 0 Å². The van der Waals surface area contributed by atoms with Crippen LogP contribution in [-0.4, -0.2) is 20.2 Å². The Morgan fingerprint density at radius 1 is 1.33 bits per heavy atom. The lowest BCUT2D eigenvalue weighted by Crippen LogP contribution is -2.06. The maximum absolute atomic E-state index is 10.0. The summed E-state index contributed by atoms with van der Waals surface area (Å²) in [5.41, 5.74) is 1.64. The highest BCUT2D eigenvalue weighted by atomic mass is 32.1. The number of hydrogen-bond acceptors (Lipinski definition) is 7. The van der Waals surface area contributed by atoms with E-state index in [0.717, 1.165) is 0 Å². The van der Waals surface area contributed by atoms with Crippen LogP contribution in [0.4, 0.5) is 10.3 Å². The van der Waals surface area contributed by atoms with Gasteiger partial charge in [0.05, 0.1) is 5.10 Å². The zero-order valence-corrected chi connectivity index (χ0v) is 6.15. The van der Waals surface area contributed by atoms with Crippen molar-refractivity contribution in [1.29, 1.82) is 0 Å². The SMILES string of the molecule is O=[N+]([O-])Nc1nnc([N+](=O)[O-])s1. The lowest BCUT2D eigenvalue weighted by molar-refractivity contribution is -0.445. The van der Waals surface area contributed by atoms with Gasteiger partial charge in [0, 0.05) is 16.4 Å². The second-order valence-corrected chi connectivity index (χ2v) is 2.47. The van der Waals surface area contributed by atoms with E-state index in [1.54, 1.807) is 5.43 Å². The van der Waals surface area contributed by atoms with E-state index in [4.69, 9.17) is 0 Å². The van der Waals surface area contributed by atoms with Crippen LogP contribution < -0.4 is 5.43 Å². The van der Waals surface area contributed by atoms with Gasteiger partial charge in [0.15, 0.2) is 5.03 Å². The van der Waals surface area contributed by atoms with E-state index in [0.29, 0.717) is 11.3 Å². The molecule has 12 heavy (non-hydrogen) atoms. The Bertz CT molecular complexity index is 321. The highest BCUT2D eigenvalue weighted by molar-refractivity contribution is 7.18. The lowest BCUT2D eigenvalue weighted by Gasteiger charge is -1.84. The van der Waals surface area contributed by atoms with E-state index >= 15 is 0 Å². The highest BCUT2D eigenvalue weighted by Gasteiger charge is 2.17. The average molecular weight is 191 g/mol. The van der Waals surface area contributed by atoms with E-state index in [1.807, 2.05) is 0 Å².